The lowest BCUT2D eigenvalue weighted by atomic mass is 10.2. The predicted molar refractivity (Wildman–Crippen MR) is 74.7 cm³/mol. The Morgan fingerprint density at radius 1 is 1.30 bits per heavy atom. The molecule has 0 fully saturated rings. The molecule has 0 aliphatic carbocycles. The highest BCUT2D eigenvalue weighted by Gasteiger charge is 2.32. The third-order valence-corrected chi connectivity index (χ3v) is 2.96. The van der Waals surface area contributed by atoms with Crippen molar-refractivity contribution in [3.05, 3.63) is 17.7 Å². The first-order valence-corrected chi connectivity index (χ1v) is 6.41. The van der Waals surface area contributed by atoms with Crippen molar-refractivity contribution in [2.75, 3.05) is 37.8 Å². The molecular weight excluding hydrogens is 269 g/mol. The first kappa shape index (κ1) is 16.6. The van der Waals surface area contributed by atoms with E-state index in [4.69, 9.17) is 5.73 Å². The maximum atomic E-state index is 12.8. The van der Waals surface area contributed by atoms with Crippen molar-refractivity contribution in [2.24, 2.45) is 0 Å². The van der Waals surface area contributed by atoms with Gasteiger partial charge in [0.25, 0.3) is 0 Å². The molecule has 0 saturated carbocycles. The van der Waals surface area contributed by atoms with Crippen LogP contribution in [0, 0.1) is 0 Å². The molecule has 4 nitrogen and oxygen atoms in total. The van der Waals surface area contributed by atoms with Gasteiger partial charge in [0, 0.05) is 19.1 Å². The molecule has 1 heterocycles. The smallest absolute Gasteiger partial charge is 0.384 e. The summed E-state index contributed by atoms with van der Waals surface area (Å²) in [6.45, 7) is 5.10. The van der Waals surface area contributed by atoms with Gasteiger partial charge in [0.15, 0.2) is 0 Å². The Morgan fingerprint density at radius 2 is 1.90 bits per heavy atom. The maximum absolute atomic E-state index is 12.8. The van der Waals surface area contributed by atoms with Crippen LogP contribution >= 0.6 is 0 Å². The SMILES string of the molecule is CCN(c1cc(C(F)(F)F)cc(N)n1)C(C)CN(C)C. The van der Waals surface area contributed by atoms with Crippen LogP contribution in [0.15, 0.2) is 12.1 Å². The van der Waals surface area contributed by atoms with Gasteiger partial charge in [-0.3, -0.25) is 0 Å². The number of rotatable bonds is 5. The monoisotopic (exact) mass is 290 g/mol. The van der Waals surface area contributed by atoms with Gasteiger partial charge >= 0.3 is 6.18 Å². The summed E-state index contributed by atoms with van der Waals surface area (Å²) >= 11 is 0. The van der Waals surface area contributed by atoms with E-state index in [2.05, 4.69) is 4.98 Å². The lowest BCUT2D eigenvalue weighted by Crippen LogP contribution is -2.40. The molecule has 1 rings (SSSR count). The number of halogens is 3. The Bertz CT molecular complexity index is 446. The molecule has 0 spiro atoms. The normalized spacial score (nSPS) is 13.6. The third-order valence-electron chi connectivity index (χ3n) is 2.96. The molecule has 7 heteroatoms. The Morgan fingerprint density at radius 3 is 2.35 bits per heavy atom. The highest BCUT2D eigenvalue weighted by atomic mass is 19.4. The Kier molecular flexibility index (Phi) is 5.21. The summed E-state index contributed by atoms with van der Waals surface area (Å²) in [6, 6.07) is 1.94. The highest BCUT2D eigenvalue weighted by molar-refractivity contribution is 5.50. The van der Waals surface area contributed by atoms with E-state index in [1.807, 2.05) is 37.7 Å². The Hall–Kier alpha value is -1.50. The van der Waals surface area contributed by atoms with Crippen molar-refractivity contribution in [3.8, 4) is 0 Å². The summed E-state index contributed by atoms with van der Waals surface area (Å²) in [6.07, 6.45) is -4.42. The van der Waals surface area contributed by atoms with Crippen molar-refractivity contribution >= 4 is 11.6 Å². The van der Waals surface area contributed by atoms with Crippen LogP contribution in [-0.4, -0.2) is 43.1 Å². The zero-order valence-electron chi connectivity index (χ0n) is 12.2. The van der Waals surface area contributed by atoms with Gasteiger partial charge in [-0.15, -0.1) is 0 Å². The second-order valence-corrected chi connectivity index (χ2v) is 5.03. The number of pyridine rings is 1. The highest BCUT2D eigenvalue weighted by Crippen LogP contribution is 2.32. The Labute approximate surface area is 117 Å². The van der Waals surface area contributed by atoms with Gasteiger partial charge in [0.05, 0.1) is 5.56 Å². The van der Waals surface area contributed by atoms with E-state index in [0.717, 1.165) is 12.1 Å². The molecular formula is C13H21F3N4. The first-order chi connectivity index (χ1) is 9.15. The van der Waals surface area contributed by atoms with E-state index in [9.17, 15) is 13.2 Å². The molecule has 20 heavy (non-hydrogen) atoms. The van der Waals surface area contributed by atoms with Gasteiger partial charge in [-0.1, -0.05) is 0 Å². The molecule has 114 valence electrons. The van der Waals surface area contributed by atoms with Gasteiger partial charge in [-0.25, -0.2) is 4.98 Å². The number of nitrogens with zero attached hydrogens (tertiary/aromatic N) is 3. The number of nitrogen functional groups attached to an aromatic ring is 1. The van der Waals surface area contributed by atoms with Gasteiger partial charge in [0.2, 0.25) is 0 Å². The van der Waals surface area contributed by atoms with Gasteiger partial charge < -0.3 is 15.5 Å². The van der Waals surface area contributed by atoms with E-state index in [0.29, 0.717) is 13.1 Å². The first-order valence-electron chi connectivity index (χ1n) is 6.41. The number of likely N-dealkylation sites (N-methyl/N-ethyl adjacent to an activating group) is 2. The summed E-state index contributed by atoms with van der Waals surface area (Å²) in [5.41, 5.74) is 4.73. The minimum atomic E-state index is -4.42. The van der Waals surface area contributed by atoms with E-state index >= 15 is 0 Å². The molecule has 0 saturated heterocycles. The van der Waals surface area contributed by atoms with Crippen molar-refractivity contribution in [1.29, 1.82) is 0 Å². The lowest BCUT2D eigenvalue weighted by Gasteiger charge is -2.31. The molecule has 0 aliphatic rings. The van der Waals surface area contributed by atoms with Crippen LogP contribution in [0.25, 0.3) is 0 Å². The van der Waals surface area contributed by atoms with E-state index in [1.54, 1.807) is 0 Å². The summed E-state index contributed by atoms with van der Waals surface area (Å²) in [5, 5.41) is 0. The fourth-order valence-electron chi connectivity index (χ4n) is 2.17. The van der Waals surface area contributed by atoms with Crippen LogP contribution in [0.5, 0.6) is 0 Å². The van der Waals surface area contributed by atoms with E-state index in [-0.39, 0.29) is 17.7 Å². The van der Waals surface area contributed by atoms with Crippen LogP contribution in [-0.2, 0) is 6.18 Å². The second-order valence-electron chi connectivity index (χ2n) is 5.03. The number of alkyl halides is 3. The fraction of sp³-hybridized carbons (Fsp3) is 0.615. The molecule has 1 aromatic rings. The average molecular weight is 290 g/mol. The average Bonchev–Trinajstić information content (AvgIpc) is 2.26. The van der Waals surface area contributed by atoms with E-state index in [1.165, 1.54) is 0 Å². The zero-order valence-corrected chi connectivity index (χ0v) is 12.2. The number of aromatic nitrogens is 1. The minimum absolute atomic E-state index is 0.0328. The van der Waals surface area contributed by atoms with Crippen LogP contribution in [0.1, 0.15) is 19.4 Å². The summed E-state index contributed by atoms with van der Waals surface area (Å²) in [5.74, 6) is 0.138. The molecule has 0 amide bonds. The third kappa shape index (κ3) is 4.26. The van der Waals surface area contributed by atoms with Crippen LogP contribution in [0.2, 0.25) is 0 Å². The molecule has 0 radical (unpaired) electrons. The van der Waals surface area contributed by atoms with Crippen LogP contribution in [0.3, 0.4) is 0 Å². The molecule has 0 bridgehead atoms. The minimum Gasteiger partial charge on any atom is -0.384 e. The van der Waals surface area contributed by atoms with Crippen molar-refractivity contribution in [2.45, 2.75) is 26.1 Å². The Balaban J connectivity index is 3.12. The van der Waals surface area contributed by atoms with Gasteiger partial charge in [-0.05, 0) is 40.1 Å². The van der Waals surface area contributed by atoms with E-state index < -0.39 is 11.7 Å². The molecule has 1 unspecified atom stereocenters. The predicted octanol–water partition coefficient (Wildman–Crippen LogP) is 2.46. The summed E-state index contributed by atoms with van der Waals surface area (Å²) < 4.78 is 38.4. The summed E-state index contributed by atoms with van der Waals surface area (Å²) in [7, 11) is 3.83. The zero-order chi connectivity index (χ0) is 15.5. The quantitative estimate of drug-likeness (QED) is 0.905. The number of hydrogen-bond acceptors (Lipinski definition) is 4. The molecule has 0 aromatic carbocycles. The largest absolute Gasteiger partial charge is 0.416 e. The van der Waals surface area contributed by atoms with Crippen molar-refractivity contribution < 1.29 is 13.2 Å². The van der Waals surface area contributed by atoms with Gasteiger partial charge in [0.1, 0.15) is 11.6 Å². The summed E-state index contributed by atoms with van der Waals surface area (Å²) in [4.78, 5) is 7.82. The van der Waals surface area contributed by atoms with Crippen LogP contribution < -0.4 is 10.6 Å². The molecule has 1 atom stereocenters. The van der Waals surface area contributed by atoms with Crippen molar-refractivity contribution in [3.63, 3.8) is 0 Å². The topological polar surface area (TPSA) is 45.4 Å². The van der Waals surface area contributed by atoms with Gasteiger partial charge in [-0.2, -0.15) is 13.2 Å². The lowest BCUT2D eigenvalue weighted by molar-refractivity contribution is -0.137. The number of nitrogens with two attached hydrogens (primary N) is 1. The number of anilines is 2. The molecule has 0 aliphatic heterocycles. The second kappa shape index (κ2) is 6.30. The van der Waals surface area contributed by atoms with Crippen molar-refractivity contribution in [1.82, 2.24) is 9.88 Å². The number of hydrogen-bond donors (Lipinski definition) is 1. The fourth-order valence-corrected chi connectivity index (χ4v) is 2.17. The maximum Gasteiger partial charge on any atom is 0.416 e. The molecule has 1 aromatic heterocycles. The van der Waals surface area contributed by atoms with Crippen LogP contribution in [0.4, 0.5) is 24.8 Å². The standard InChI is InChI=1S/C13H21F3N4/c1-5-20(9(2)8-19(3)4)12-7-10(13(14,15)16)6-11(17)18-12/h6-7,9H,5,8H2,1-4H3,(H2,17,18). The molecule has 2 N–H and O–H groups in total.